The smallest absolute Gasteiger partial charge is 0.355 e. The Balaban J connectivity index is 2.32. The van der Waals surface area contributed by atoms with Gasteiger partial charge in [0.25, 0.3) is 11.7 Å². The summed E-state index contributed by atoms with van der Waals surface area (Å²) < 4.78 is 10.2. The first kappa shape index (κ1) is 16.5. The number of thioether (sulfide) groups is 1. The van der Waals surface area contributed by atoms with E-state index >= 15 is 0 Å². The number of ether oxygens (including phenoxy) is 2. The van der Waals surface area contributed by atoms with E-state index in [0.29, 0.717) is 11.3 Å². The summed E-state index contributed by atoms with van der Waals surface area (Å²) >= 11 is 1.22. The van der Waals surface area contributed by atoms with Gasteiger partial charge in [0, 0.05) is 18.2 Å². The highest BCUT2D eigenvalue weighted by Crippen LogP contribution is 2.38. The minimum absolute atomic E-state index is 0.0181. The molecule has 2 rings (SSSR count). The molecule has 8 heteroatoms. The molecule has 1 fully saturated rings. The van der Waals surface area contributed by atoms with Gasteiger partial charge in [0.15, 0.2) is 5.37 Å². The van der Waals surface area contributed by atoms with Gasteiger partial charge in [-0.25, -0.2) is 4.79 Å². The van der Waals surface area contributed by atoms with Crippen molar-refractivity contribution in [3.63, 3.8) is 0 Å². The lowest BCUT2D eigenvalue weighted by Gasteiger charge is -2.42. The normalized spacial score (nSPS) is 21.3. The quantitative estimate of drug-likeness (QED) is 0.426. The van der Waals surface area contributed by atoms with Gasteiger partial charge in [0.1, 0.15) is 17.9 Å². The van der Waals surface area contributed by atoms with E-state index in [1.165, 1.54) is 18.7 Å². The maximum atomic E-state index is 12.4. The van der Waals surface area contributed by atoms with Gasteiger partial charge in [-0.15, -0.1) is 11.8 Å². The molecule has 0 aliphatic carbocycles. The first-order chi connectivity index (χ1) is 10.1. The molecule has 0 radical (unpaired) electrons. The molecule has 2 aliphatic heterocycles. The van der Waals surface area contributed by atoms with Crippen LogP contribution in [-0.2, 0) is 28.7 Å². The molecule has 2 aliphatic rings. The Morgan fingerprint density at radius 3 is 2.50 bits per heavy atom. The molecule has 1 saturated heterocycles. The van der Waals surface area contributed by atoms with Crippen LogP contribution in [0.5, 0.6) is 0 Å². The Hall–Kier alpha value is -1.83. The summed E-state index contributed by atoms with van der Waals surface area (Å²) in [5.41, 5.74) is -0.259. The molecule has 0 unspecified atom stereocenters. The zero-order valence-corrected chi connectivity index (χ0v) is 13.6. The minimum Gasteiger partial charge on any atom is -0.461 e. The lowest BCUT2D eigenvalue weighted by Crippen LogP contribution is -2.62. The average molecular weight is 327 g/mol. The second kappa shape index (κ2) is 5.75. The zero-order valence-electron chi connectivity index (χ0n) is 12.8. The van der Waals surface area contributed by atoms with Crippen molar-refractivity contribution in [2.75, 3.05) is 12.4 Å². The monoisotopic (exact) mass is 327 g/mol. The van der Waals surface area contributed by atoms with Gasteiger partial charge in [-0.1, -0.05) is 0 Å². The van der Waals surface area contributed by atoms with Crippen LogP contribution in [0.4, 0.5) is 0 Å². The average Bonchev–Trinajstić information content (AvgIpc) is 2.41. The molecule has 0 saturated carbocycles. The van der Waals surface area contributed by atoms with Crippen LogP contribution >= 0.6 is 11.8 Å². The van der Waals surface area contributed by atoms with Gasteiger partial charge < -0.3 is 9.47 Å². The molecule has 1 amide bonds. The third-order valence-corrected chi connectivity index (χ3v) is 4.18. The van der Waals surface area contributed by atoms with Crippen LogP contribution < -0.4 is 0 Å². The van der Waals surface area contributed by atoms with Crippen LogP contribution in [0, 0.1) is 0 Å². The lowest BCUT2D eigenvalue weighted by atomic mass is 10.1. The van der Waals surface area contributed by atoms with Crippen molar-refractivity contribution in [1.29, 1.82) is 0 Å². The molecule has 7 nitrogen and oxygen atoms in total. The van der Waals surface area contributed by atoms with Crippen LogP contribution in [-0.4, -0.2) is 51.9 Å². The van der Waals surface area contributed by atoms with Crippen molar-refractivity contribution >= 4 is 35.4 Å². The summed E-state index contributed by atoms with van der Waals surface area (Å²) in [6, 6.07) is 0. The molecule has 0 spiro atoms. The summed E-state index contributed by atoms with van der Waals surface area (Å²) in [6.07, 6.45) is 0. The van der Waals surface area contributed by atoms with Gasteiger partial charge in [-0.3, -0.25) is 19.3 Å². The van der Waals surface area contributed by atoms with Crippen molar-refractivity contribution in [2.45, 2.75) is 38.7 Å². The fourth-order valence-corrected chi connectivity index (χ4v) is 3.22. The van der Waals surface area contributed by atoms with E-state index in [9.17, 15) is 19.2 Å². The summed E-state index contributed by atoms with van der Waals surface area (Å²) in [4.78, 5) is 47.8. The molecule has 0 aromatic carbocycles. The van der Waals surface area contributed by atoms with Gasteiger partial charge >= 0.3 is 11.9 Å². The minimum atomic E-state index is -0.741. The molecule has 1 atom stereocenters. The Morgan fingerprint density at radius 1 is 1.32 bits per heavy atom. The summed E-state index contributed by atoms with van der Waals surface area (Å²) in [5, 5.41) is -0.684. The predicted octanol–water partition coefficient (Wildman–Crippen LogP) is 0.629. The van der Waals surface area contributed by atoms with E-state index in [-0.39, 0.29) is 12.3 Å². The summed E-state index contributed by atoms with van der Waals surface area (Å²) in [5.74, 6) is -2.13. The molecule has 120 valence electrons. The van der Waals surface area contributed by atoms with Crippen LogP contribution in [0.25, 0.3) is 0 Å². The van der Waals surface area contributed by atoms with Gasteiger partial charge in [0.2, 0.25) is 0 Å². The maximum Gasteiger partial charge on any atom is 0.355 e. The Bertz CT molecular complexity index is 589. The number of rotatable bonds is 3. The van der Waals surface area contributed by atoms with Crippen LogP contribution in [0.1, 0.15) is 27.7 Å². The second-order valence-electron chi connectivity index (χ2n) is 5.94. The van der Waals surface area contributed by atoms with E-state index < -0.39 is 34.6 Å². The van der Waals surface area contributed by atoms with Crippen molar-refractivity contribution in [3.8, 4) is 0 Å². The van der Waals surface area contributed by atoms with Gasteiger partial charge in [-0.2, -0.15) is 0 Å². The summed E-state index contributed by atoms with van der Waals surface area (Å²) in [6.45, 7) is 6.26. The van der Waals surface area contributed by atoms with E-state index in [4.69, 9.17) is 9.47 Å². The fourth-order valence-electron chi connectivity index (χ4n) is 2.04. The number of amides is 1. The number of hydrogen-bond donors (Lipinski definition) is 0. The van der Waals surface area contributed by atoms with Crippen molar-refractivity contribution in [1.82, 2.24) is 4.90 Å². The first-order valence-corrected chi connectivity index (χ1v) is 7.74. The number of esters is 2. The van der Waals surface area contributed by atoms with E-state index in [2.05, 4.69) is 0 Å². The van der Waals surface area contributed by atoms with E-state index in [1.807, 2.05) is 0 Å². The molecule has 0 aromatic rings. The highest BCUT2D eigenvalue weighted by atomic mass is 32.2. The topological polar surface area (TPSA) is 90.0 Å². The third-order valence-electron chi connectivity index (χ3n) is 2.92. The zero-order chi connectivity index (χ0) is 16.7. The number of carbonyl (C=O) groups excluding carboxylic acids is 4. The first-order valence-electron chi connectivity index (χ1n) is 6.69. The Morgan fingerprint density at radius 2 is 1.95 bits per heavy atom. The van der Waals surface area contributed by atoms with Crippen LogP contribution in [0.2, 0.25) is 0 Å². The number of hydrogen-bond acceptors (Lipinski definition) is 7. The Kier molecular flexibility index (Phi) is 4.32. The molecular weight excluding hydrogens is 310 g/mol. The number of fused-ring (bicyclic) bond motifs is 1. The molecular formula is C14H17NO6S. The SMILES string of the molecule is CC(=O)OCC1=C(C(=O)OC(C)(C)C)N2C(=O)C(=O)[C@H]2SC1. The predicted molar refractivity (Wildman–Crippen MR) is 77.6 cm³/mol. The number of Topliss-reactive ketones (excluding diaryl/α,β-unsaturated/α-hetero) is 1. The molecule has 0 bridgehead atoms. The number of carbonyl (C=O) groups is 4. The number of nitrogens with zero attached hydrogens (tertiary/aromatic N) is 1. The van der Waals surface area contributed by atoms with E-state index in [0.717, 1.165) is 4.90 Å². The van der Waals surface area contributed by atoms with Gasteiger partial charge in [0.05, 0.1) is 0 Å². The molecule has 2 heterocycles. The highest BCUT2D eigenvalue weighted by molar-refractivity contribution is 8.01. The largest absolute Gasteiger partial charge is 0.461 e. The number of β-lactam (4-membered cyclic amide) rings is 1. The van der Waals surface area contributed by atoms with Crippen molar-refractivity contribution in [3.05, 3.63) is 11.3 Å². The van der Waals surface area contributed by atoms with Crippen LogP contribution in [0.3, 0.4) is 0 Å². The highest BCUT2D eigenvalue weighted by Gasteiger charge is 2.53. The molecule has 0 N–H and O–H groups in total. The van der Waals surface area contributed by atoms with E-state index in [1.54, 1.807) is 20.8 Å². The number of ketones is 1. The van der Waals surface area contributed by atoms with Crippen LogP contribution in [0.15, 0.2) is 11.3 Å². The van der Waals surface area contributed by atoms with Gasteiger partial charge in [-0.05, 0) is 20.8 Å². The fraction of sp³-hybridized carbons (Fsp3) is 0.571. The standard InChI is InChI=1S/C14H17NO6S/c1-7(16)20-5-8-6-22-12-10(17)11(18)15(12)9(8)13(19)21-14(2,3)4/h12H,5-6H2,1-4H3/t12-/m1/s1. The third kappa shape index (κ3) is 3.16. The second-order valence-corrected chi connectivity index (χ2v) is 7.01. The molecule has 22 heavy (non-hydrogen) atoms. The summed E-state index contributed by atoms with van der Waals surface area (Å²) in [7, 11) is 0. The van der Waals surface area contributed by atoms with Crippen molar-refractivity contribution in [2.24, 2.45) is 0 Å². The maximum absolute atomic E-state index is 12.4. The van der Waals surface area contributed by atoms with Crippen molar-refractivity contribution < 1.29 is 28.7 Å². The lowest BCUT2D eigenvalue weighted by molar-refractivity contribution is -0.161. The Labute approximate surface area is 132 Å². The molecule has 0 aromatic heterocycles.